The van der Waals surface area contributed by atoms with Crippen LogP contribution < -0.4 is 10.2 Å². The molecule has 1 aromatic carbocycles. The van der Waals surface area contributed by atoms with Gasteiger partial charge in [0.1, 0.15) is 0 Å². The number of benzene rings is 1. The van der Waals surface area contributed by atoms with Crippen LogP contribution in [0.5, 0.6) is 0 Å². The number of likely N-dealkylation sites (tertiary alicyclic amines) is 1. The highest BCUT2D eigenvalue weighted by Gasteiger charge is 2.37. The van der Waals surface area contributed by atoms with E-state index in [0.717, 1.165) is 73.5 Å². The fourth-order valence-corrected chi connectivity index (χ4v) is 8.02. The summed E-state index contributed by atoms with van der Waals surface area (Å²) in [5.41, 5.74) is 5.07. The van der Waals surface area contributed by atoms with Crippen LogP contribution in [0.1, 0.15) is 74.4 Å². The lowest BCUT2D eigenvalue weighted by Gasteiger charge is -2.38. The zero-order valence-electron chi connectivity index (χ0n) is 27.0. The number of rotatable bonds is 5. The normalized spacial score (nSPS) is 22.3. The van der Waals surface area contributed by atoms with Gasteiger partial charge in [0, 0.05) is 86.8 Å². The summed E-state index contributed by atoms with van der Waals surface area (Å²) in [5, 5.41) is 12.9. The molecule has 0 bridgehead atoms. The molecule has 1 N–H and O–H groups in total. The Labute approximate surface area is 268 Å². The fraction of sp³-hybridized carbons (Fsp3) is 0.588. The van der Waals surface area contributed by atoms with E-state index < -0.39 is 6.43 Å². The molecule has 0 aliphatic carbocycles. The zero-order chi connectivity index (χ0) is 32.1. The molecule has 4 aliphatic rings. The minimum absolute atomic E-state index is 0.0163. The number of halogens is 2. The van der Waals surface area contributed by atoms with Gasteiger partial charge in [-0.25, -0.2) is 8.78 Å². The fourth-order valence-electron chi connectivity index (χ4n) is 8.02. The van der Waals surface area contributed by atoms with Crippen molar-refractivity contribution in [3.63, 3.8) is 0 Å². The summed E-state index contributed by atoms with van der Waals surface area (Å²) in [6, 6.07) is 3.68. The van der Waals surface area contributed by atoms with Crippen molar-refractivity contribution in [1.29, 1.82) is 0 Å². The van der Waals surface area contributed by atoms with Crippen LogP contribution in [0.2, 0.25) is 0 Å². The van der Waals surface area contributed by atoms with E-state index in [4.69, 9.17) is 5.10 Å². The molecule has 246 valence electrons. The number of hydrogen-bond donors (Lipinski definition) is 1. The number of carbonyl (C=O) groups is 2. The van der Waals surface area contributed by atoms with Crippen LogP contribution in [-0.4, -0.2) is 80.4 Å². The number of nitrogens with one attached hydrogen (secondary N) is 1. The van der Waals surface area contributed by atoms with Gasteiger partial charge in [-0.05, 0) is 74.4 Å². The highest BCUT2D eigenvalue weighted by atomic mass is 19.3. The largest absolute Gasteiger partial charge is 0.342 e. The van der Waals surface area contributed by atoms with Gasteiger partial charge in [0.15, 0.2) is 5.82 Å². The number of amides is 2. The molecule has 0 unspecified atom stereocenters. The number of piperidine rings is 2. The van der Waals surface area contributed by atoms with Crippen molar-refractivity contribution in [2.75, 3.05) is 44.2 Å². The Bertz CT molecular complexity index is 1620. The van der Waals surface area contributed by atoms with Crippen LogP contribution in [0.4, 0.5) is 20.3 Å². The lowest BCUT2D eigenvalue weighted by molar-refractivity contribution is -0.139. The van der Waals surface area contributed by atoms with Crippen molar-refractivity contribution in [2.45, 2.75) is 71.4 Å². The molecule has 3 aromatic rings. The topological polar surface area (TPSA) is 91.5 Å². The second kappa shape index (κ2) is 12.4. The van der Waals surface area contributed by atoms with E-state index in [2.05, 4.69) is 26.9 Å². The maximum atomic E-state index is 14.6. The average molecular weight is 635 g/mol. The van der Waals surface area contributed by atoms with Crippen molar-refractivity contribution in [1.82, 2.24) is 34.7 Å². The lowest BCUT2D eigenvalue weighted by Crippen LogP contribution is -2.48. The second-order valence-corrected chi connectivity index (χ2v) is 13.5. The molecule has 10 nitrogen and oxygen atoms in total. The van der Waals surface area contributed by atoms with Gasteiger partial charge < -0.3 is 20.0 Å². The summed E-state index contributed by atoms with van der Waals surface area (Å²) in [5.74, 6) is 1.47. The lowest BCUT2D eigenvalue weighted by atomic mass is 9.86. The molecule has 0 spiro atoms. The van der Waals surface area contributed by atoms with Crippen LogP contribution in [0, 0.1) is 11.8 Å². The maximum Gasteiger partial charge on any atom is 0.264 e. The Morgan fingerprint density at radius 2 is 1.85 bits per heavy atom. The molecule has 2 fully saturated rings. The van der Waals surface area contributed by atoms with Gasteiger partial charge in [0.25, 0.3) is 6.43 Å². The first-order chi connectivity index (χ1) is 22.2. The van der Waals surface area contributed by atoms with Gasteiger partial charge in [0.05, 0.1) is 18.8 Å². The summed E-state index contributed by atoms with van der Waals surface area (Å²) >= 11 is 0. The van der Waals surface area contributed by atoms with Crippen LogP contribution >= 0.6 is 0 Å². The molecular weight excluding hydrogens is 590 g/mol. The Morgan fingerprint density at radius 3 is 2.54 bits per heavy atom. The molecule has 0 saturated carbocycles. The summed E-state index contributed by atoms with van der Waals surface area (Å²) < 4.78 is 32.9. The smallest absolute Gasteiger partial charge is 0.264 e. The molecular formula is C34H44F2N8O2. The molecule has 7 rings (SSSR count). The van der Waals surface area contributed by atoms with Gasteiger partial charge in [0.2, 0.25) is 11.8 Å². The van der Waals surface area contributed by atoms with Crippen LogP contribution in [-0.2, 0) is 36.0 Å². The predicted molar refractivity (Wildman–Crippen MR) is 171 cm³/mol. The summed E-state index contributed by atoms with van der Waals surface area (Å²) in [7, 11) is 1.78. The molecule has 0 radical (unpaired) electrons. The van der Waals surface area contributed by atoms with Crippen molar-refractivity contribution >= 4 is 23.3 Å². The van der Waals surface area contributed by atoms with Crippen molar-refractivity contribution in [3.8, 4) is 11.1 Å². The number of aromatic nitrogens is 4. The predicted octanol–water partition coefficient (Wildman–Crippen LogP) is 4.62. The third-order valence-corrected chi connectivity index (χ3v) is 10.6. The average Bonchev–Trinajstić information content (AvgIpc) is 3.67. The first-order valence-electron chi connectivity index (χ1n) is 16.8. The molecule has 2 aromatic heterocycles. The van der Waals surface area contributed by atoms with Gasteiger partial charge in [-0.3, -0.25) is 19.0 Å². The second-order valence-electron chi connectivity index (χ2n) is 13.5. The SMILES string of the molecule is CC(=O)N1CCc2c(c(N3CCCc4cc(-c5cnn(C)c5)c(C(F)F)cc43)nn2C2CCN(C(=O)[C@@H]3CCNC[C@@H]3C)CC2)C1. The Hall–Kier alpha value is -3.80. The minimum Gasteiger partial charge on any atom is -0.342 e. The summed E-state index contributed by atoms with van der Waals surface area (Å²) in [6.45, 7) is 8.66. The van der Waals surface area contributed by atoms with Crippen molar-refractivity contribution in [3.05, 3.63) is 46.9 Å². The van der Waals surface area contributed by atoms with E-state index >= 15 is 0 Å². The number of alkyl halides is 2. The summed E-state index contributed by atoms with van der Waals surface area (Å²) in [4.78, 5) is 31.9. The number of fused-ring (bicyclic) bond motifs is 2. The Balaban J connectivity index is 1.21. The summed E-state index contributed by atoms with van der Waals surface area (Å²) in [6.07, 6.45) is 5.61. The van der Waals surface area contributed by atoms with Crippen LogP contribution in [0.15, 0.2) is 24.5 Å². The van der Waals surface area contributed by atoms with Crippen LogP contribution in [0.25, 0.3) is 11.1 Å². The molecule has 6 heterocycles. The molecule has 46 heavy (non-hydrogen) atoms. The monoisotopic (exact) mass is 634 g/mol. The quantitative estimate of drug-likeness (QED) is 0.441. The standard InChI is InChI=1S/C34H44F2N8O2/c1-21-17-37-10-6-26(21)34(46)41-12-7-25(8-13-41)44-30-9-14-42(22(2)45)20-29(30)33(39-44)43-11-4-5-23-15-27(24-18-38-40(3)19-24)28(32(35)36)16-31(23)43/h15-16,18-19,21,25-26,32,37H,4-14,17,20H2,1-3H3/t21-,26+/m0/s1. The van der Waals surface area contributed by atoms with Gasteiger partial charge in [-0.2, -0.15) is 10.2 Å². The van der Waals surface area contributed by atoms with Crippen molar-refractivity contribution in [2.24, 2.45) is 18.9 Å². The van der Waals surface area contributed by atoms with E-state index in [0.29, 0.717) is 56.2 Å². The molecule has 2 saturated heterocycles. The van der Waals surface area contributed by atoms with E-state index in [1.54, 1.807) is 37.1 Å². The number of anilines is 2. The van der Waals surface area contributed by atoms with E-state index in [1.165, 1.54) is 0 Å². The molecule has 4 aliphatic heterocycles. The van der Waals surface area contributed by atoms with Crippen LogP contribution in [0.3, 0.4) is 0 Å². The third kappa shape index (κ3) is 5.58. The third-order valence-electron chi connectivity index (χ3n) is 10.6. The molecule has 2 amide bonds. The first kappa shape index (κ1) is 30.8. The van der Waals surface area contributed by atoms with E-state index in [9.17, 15) is 18.4 Å². The highest BCUT2D eigenvalue weighted by molar-refractivity contribution is 5.80. The first-order valence-corrected chi connectivity index (χ1v) is 16.8. The Kier molecular flexibility index (Phi) is 8.33. The van der Waals surface area contributed by atoms with E-state index in [1.807, 2.05) is 15.9 Å². The number of hydrogen-bond acceptors (Lipinski definition) is 6. The van der Waals surface area contributed by atoms with Gasteiger partial charge >= 0.3 is 0 Å². The Morgan fingerprint density at radius 1 is 1.04 bits per heavy atom. The molecule has 2 atom stereocenters. The number of carbonyl (C=O) groups excluding carboxylic acids is 2. The highest BCUT2D eigenvalue weighted by Crippen LogP contribution is 2.43. The number of nitrogens with zero attached hydrogens (tertiary/aromatic N) is 7. The maximum absolute atomic E-state index is 14.6. The molecule has 12 heteroatoms. The minimum atomic E-state index is -2.65. The van der Waals surface area contributed by atoms with Crippen molar-refractivity contribution < 1.29 is 18.4 Å². The van der Waals surface area contributed by atoms with E-state index in [-0.39, 0.29) is 29.3 Å². The zero-order valence-corrected chi connectivity index (χ0v) is 27.0. The van der Waals surface area contributed by atoms with Gasteiger partial charge in [-0.15, -0.1) is 0 Å². The number of aryl methyl sites for hydroxylation is 2. The van der Waals surface area contributed by atoms with Gasteiger partial charge in [-0.1, -0.05) is 6.92 Å².